The quantitative estimate of drug-likeness (QED) is 0.559. The first-order valence-electron chi connectivity index (χ1n) is 7.65. The van der Waals surface area contributed by atoms with Crippen LogP contribution in [-0.4, -0.2) is 36.1 Å². The number of rotatable bonds is 6. The fraction of sp³-hybridized carbons (Fsp3) is 0.222. The number of hydrogen-bond acceptors (Lipinski definition) is 4. The molecule has 0 spiro atoms. The van der Waals surface area contributed by atoms with Crippen molar-refractivity contribution in [2.45, 2.75) is 6.54 Å². The Bertz CT molecular complexity index is 843. The van der Waals surface area contributed by atoms with E-state index in [-0.39, 0.29) is 6.67 Å². The average Bonchev–Trinajstić information content (AvgIpc) is 3.06. The number of alkyl halides is 1. The number of halogens is 1. The molecule has 3 aromatic rings. The number of esters is 1. The third-order valence-electron chi connectivity index (χ3n) is 3.74. The minimum atomic E-state index is -0.403. The van der Waals surface area contributed by atoms with E-state index in [2.05, 4.69) is 10.4 Å². The first-order chi connectivity index (χ1) is 11.7. The molecular weight excluding hydrogens is 309 g/mol. The van der Waals surface area contributed by atoms with Gasteiger partial charge in [0.25, 0.3) is 0 Å². The molecule has 2 aromatic carbocycles. The van der Waals surface area contributed by atoms with Gasteiger partial charge in [0.1, 0.15) is 12.2 Å². The monoisotopic (exact) mass is 327 g/mol. The summed E-state index contributed by atoms with van der Waals surface area (Å²) in [6.07, 6.45) is 1.87. The zero-order chi connectivity index (χ0) is 16.9. The van der Waals surface area contributed by atoms with E-state index in [1.807, 2.05) is 36.5 Å². The Balaban J connectivity index is 1.88. The van der Waals surface area contributed by atoms with Gasteiger partial charge in [-0.2, -0.15) is 5.10 Å². The standard InChI is InChI=1S/C18H18FN3O2/c1-24-18(23)16-4-2-3-14-12-22(21-17(14)16)15-7-5-13(6-8-15)11-20-10-9-19/h2-8,12,20H,9-11H2,1H3. The number of ether oxygens (including phenoxy) is 1. The Morgan fingerprint density at radius 1 is 1.25 bits per heavy atom. The third-order valence-corrected chi connectivity index (χ3v) is 3.74. The lowest BCUT2D eigenvalue weighted by Gasteiger charge is -2.05. The minimum absolute atomic E-state index is 0.350. The average molecular weight is 327 g/mol. The Labute approximate surface area is 139 Å². The van der Waals surface area contributed by atoms with Crippen molar-refractivity contribution in [1.29, 1.82) is 0 Å². The highest BCUT2D eigenvalue weighted by atomic mass is 19.1. The maximum absolute atomic E-state index is 12.1. The van der Waals surface area contributed by atoms with Gasteiger partial charge in [-0.1, -0.05) is 24.3 Å². The van der Waals surface area contributed by atoms with Crippen molar-refractivity contribution in [3.63, 3.8) is 0 Å². The van der Waals surface area contributed by atoms with Crippen LogP contribution in [-0.2, 0) is 11.3 Å². The molecule has 0 saturated carbocycles. The number of methoxy groups -OCH3 is 1. The number of carbonyl (C=O) groups excluding carboxylic acids is 1. The molecule has 0 aliphatic heterocycles. The molecule has 0 radical (unpaired) electrons. The van der Waals surface area contributed by atoms with Crippen LogP contribution in [0, 0.1) is 0 Å². The molecule has 0 aliphatic rings. The molecule has 3 rings (SSSR count). The number of benzene rings is 2. The fourth-order valence-electron chi connectivity index (χ4n) is 2.52. The molecule has 1 heterocycles. The van der Waals surface area contributed by atoms with E-state index in [1.165, 1.54) is 7.11 Å². The summed E-state index contributed by atoms with van der Waals surface area (Å²) in [7, 11) is 1.35. The van der Waals surface area contributed by atoms with Gasteiger partial charge >= 0.3 is 5.97 Å². The van der Waals surface area contributed by atoms with Gasteiger partial charge in [0.15, 0.2) is 0 Å². The number of carbonyl (C=O) groups is 1. The minimum Gasteiger partial charge on any atom is -0.465 e. The van der Waals surface area contributed by atoms with Crippen LogP contribution in [0.25, 0.3) is 16.6 Å². The summed E-state index contributed by atoms with van der Waals surface area (Å²) in [5.41, 5.74) is 3.01. The zero-order valence-corrected chi connectivity index (χ0v) is 13.3. The van der Waals surface area contributed by atoms with Crippen molar-refractivity contribution in [2.24, 2.45) is 0 Å². The fourth-order valence-corrected chi connectivity index (χ4v) is 2.52. The van der Waals surface area contributed by atoms with Crippen LogP contribution in [0.1, 0.15) is 15.9 Å². The van der Waals surface area contributed by atoms with E-state index < -0.39 is 5.97 Å². The summed E-state index contributed by atoms with van der Waals surface area (Å²) in [6.45, 7) is 0.598. The summed E-state index contributed by atoms with van der Waals surface area (Å²) in [4.78, 5) is 11.8. The molecule has 0 atom stereocenters. The van der Waals surface area contributed by atoms with Crippen molar-refractivity contribution < 1.29 is 13.9 Å². The molecule has 0 amide bonds. The lowest BCUT2D eigenvalue weighted by Crippen LogP contribution is -2.15. The number of nitrogens with one attached hydrogen (secondary N) is 1. The van der Waals surface area contributed by atoms with E-state index in [1.54, 1.807) is 16.8 Å². The summed E-state index contributed by atoms with van der Waals surface area (Å²) in [6, 6.07) is 13.2. The van der Waals surface area contributed by atoms with E-state index in [4.69, 9.17) is 4.74 Å². The van der Waals surface area contributed by atoms with Crippen LogP contribution < -0.4 is 5.32 Å². The molecule has 0 bridgehead atoms. The second-order valence-corrected chi connectivity index (χ2v) is 5.34. The van der Waals surface area contributed by atoms with Gasteiger partial charge < -0.3 is 10.1 Å². The highest BCUT2D eigenvalue weighted by molar-refractivity contribution is 6.02. The summed E-state index contributed by atoms with van der Waals surface area (Å²) in [5.74, 6) is -0.403. The van der Waals surface area contributed by atoms with Crippen LogP contribution in [0.4, 0.5) is 4.39 Å². The Morgan fingerprint density at radius 3 is 2.75 bits per heavy atom. The maximum atomic E-state index is 12.1. The van der Waals surface area contributed by atoms with Gasteiger partial charge in [0.2, 0.25) is 0 Å². The predicted molar refractivity (Wildman–Crippen MR) is 90.1 cm³/mol. The van der Waals surface area contributed by atoms with Crippen LogP contribution in [0.2, 0.25) is 0 Å². The van der Waals surface area contributed by atoms with E-state index in [0.717, 1.165) is 16.6 Å². The Kier molecular flexibility index (Phi) is 4.86. The highest BCUT2D eigenvalue weighted by Gasteiger charge is 2.13. The molecule has 6 heteroatoms. The van der Waals surface area contributed by atoms with Crippen LogP contribution in [0.3, 0.4) is 0 Å². The number of hydrogen-bond donors (Lipinski definition) is 1. The van der Waals surface area contributed by atoms with Crippen molar-refractivity contribution in [3.8, 4) is 5.69 Å². The van der Waals surface area contributed by atoms with Crippen molar-refractivity contribution in [1.82, 2.24) is 15.1 Å². The molecule has 0 aliphatic carbocycles. The summed E-state index contributed by atoms with van der Waals surface area (Å²) in [5, 5.41) is 8.38. The van der Waals surface area contributed by atoms with Crippen molar-refractivity contribution >= 4 is 16.9 Å². The molecular formula is C18H18FN3O2. The first kappa shape index (κ1) is 16.1. The van der Waals surface area contributed by atoms with Crippen molar-refractivity contribution in [3.05, 3.63) is 59.8 Å². The smallest absolute Gasteiger partial charge is 0.340 e. The summed E-state index contributed by atoms with van der Waals surface area (Å²) >= 11 is 0. The molecule has 1 aromatic heterocycles. The highest BCUT2D eigenvalue weighted by Crippen LogP contribution is 2.20. The second kappa shape index (κ2) is 7.23. The normalized spacial score (nSPS) is 10.9. The SMILES string of the molecule is COC(=O)c1cccc2cn(-c3ccc(CNCCF)cc3)nc12. The van der Waals surface area contributed by atoms with Crippen molar-refractivity contribution in [2.75, 3.05) is 20.3 Å². The second-order valence-electron chi connectivity index (χ2n) is 5.34. The van der Waals surface area contributed by atoms with Gasteiger partial charge in [0, 0.05) is 24.7 Å². The lowest BCUT2D eigenvalue weighted by molar-refractivity contribution is 0.0602. The number of aromatic nitrogens is 2. The maximum Gasteiger partial charge on any atom is 0.340 e. The number of nitrogens with zero attached hydrogens (tertiary/aromatic N) is 2. The molecule has 0 saturated heterocycles. The molecule has 0 unspecified atom stereocenters. The lowest BCUT2D eigenvalue weighted by atomic mass is 10.1. The molecule has 5 nitrogen and oxygen atoms in total. The largest absolute Gasteiger partial charge is 0.465 e. The predicted octanol–water partition coefficient (Wildman–Crippen LogP) is 2.87. The molecule has 124 valence electrons. The van der Waals surface area contributed by atoms with E-state index in [9.17, 15) is 9.18 Å². The van der Waals surface area contributed by atoms with Gasteiger partial charge in [0.05, 0.1) is 18.4 Å². The van der Waals surface area contributed by atoms with Gasteiger partial charge in [-0.15, -0.1) is 0 Å². The first-order valence-corrected chi connectivity index (χ1v) is 7.65. The van der Waals surface area contributed by atoms with Crippen LogP contribution >= 0.6 is 0 Å². The van der Waals surface area contributed by atoms with Gasteiger partial charge in [-0.25, -0.2) is 13.9 Å². The van der Waals surface area contributed by atoms with Crippen LogP contribution in [0.15, 0.2) is 48.7 Å². The summed E-state index contributed by atoms with van der Waals surface area (Å²) < 4.78 is 18.6. The molecule has 24 heavy (non-hydrogen) atoms. The van der Waals surface area contributed by atoms with E-state index >= 15 is 0 Å². The van der Waals surface area contributed by atoms with Gasteiger partial charge in [-0.05, 0) is 23.8 Å². The topological polar surface area (TPSA) is 56.1 Å². The van der Waals surface area contributed by atoms with Gasteiger partial charge in [-0.3, -0.25) is 0 Å². The van der Waals surface area contributed by atoms with E-state index in [0.29, 0.717) is 24.2 Å². The molecule has 0 fully saturated rings. The number of fused-ring (bicyclic) bond motifs is 1. The third kappa shape index (κ3) is 3.28. The Hall–Kier alpha value is -2.73. The van der Waals surface area contributed by atoms with Crippen LogP contribution in [0.5, 0.6) is 0 Å². The molecule has 1 N–H and O–H groups in total. The Morgan fingerprint density at radius 2 is 2.04 bits per heavy atom. The zero-order valence-electron chi connectivity index (χ0n) is 13.3.